The smallest absolute Gasteiger partial charge is 0.231 e. The molecular formula is C23H31N7O. The Bertz CT molecular complexity index is 1000. The Hall–Kier alpha value is -3.00. The van der Waals surface area contributed by atoms with Crippen LogP contribution in [0, 0.1) is 5.92 Å². The van der Waals surface area contributed by atoms with Crippen LogP contribution < -0.4 is 10.2 Å². The first-order valence-electron chi connectivity index (χ1n) is 11.2. The highest BCUT2D eigenvalue weighted by atomic mass is 16.2. The first-order chi connectivity index (χ1) is 15.2. The summed E-state index contributed by atoms with van der Waals surface area (Å²) < 4.78 is 2.13. The molecule has 1 atom stereocenters. The molecule has 0 spiro atoms. The highest BCUT2D eigenvalue weighted by Gasteiger charge is 2.28. The van der Waals surface area contributed by atoms with Crippen LogP contribution in [0.1, 0.15) is 26.7 Å². The van der Waals surface area contributed by atoms with Crippen LogP contribution >= 0.6 is 0 Å². The average molecular weight is 422 g/mol. The van der Waals surface area contributed by atoms with Gasteiger partial charge in [-0.3, -0.25) is 15.1 Å². The minimum Gasteiger partial charge on any atom is -0.355 e. The van der Waals surface area contributed by atoms with E-state index in [0.717, 1.165) is 62.4 Å². The van der Waals surface area contributed by atoms with Crippen LogP contribution in [0.3, 0.4) is 0 Å². The van der Waals surface area contributed by atoms with E-state index in [1.165, 1.54) is 0 Å². The van der Waals surface area contributed by atoms with Gasteiger partial charge in [-0.15, -0.1) is 0 Å². The molecule has 1 aliphatic heterocycles. The Balaban J connectivity index is 1.50. The van der Waals surface area contributed by atoms with Crippen LogP contribution in [-0.2, 0) is 11.3 Å². The van der Waals surface area contributed by atoms with Crippen molar-refractivity contribution in [2.45, 2.75) is 33.2 Å². The number of nitrogens with zero attached hydrogens (tertiary/aromatic N) is 6. The van der Waals surface area contributed by atoms with Crippen LogP contribution in [0.4, 0.5) is 11.8 Å². The van der Waals surface area contributed by atoms with Crippen molar-refractivity contribution in [3.8, 4) is 0 Å². The van der Waals surface area contributed by atoms with E-state index in [9.17, 15) is 4.79 Å². The second-order valence-corrected chi connectivity index (χ2v) is 7.94. The fourth-order valence-corrected chi connectivity index (χ4v) is 4.24. The molecule has 1 fully saturated rings. The van der Waals surface area contributed by atoms with Gasteiger partial charge in [-0.05, 0) is 38.1 Å². The molecule has 0 saturated carbocycles. The lowest BCUT2D eigenvalue weighted by atomic mass is 9.97. The van der Waals surface area contributed by atoms with Gasteiger partial charge in [0.05, 0.1) is 23.1 Å². The monoisotopic (exact) mass is 421 g/mol. The van der Waals surface area contributed by atoms with Crippen LogP contribution in [0.2, 0.25) is 0 Å². The maximum Gasteiger partial charge on any atom is 0.231 e. The number of hydrogen-bond acceptors (Lipinski definition) is 6. The van der Waals surface area contributed by atoms with Gasteiger partial charge in [0.2, 0.25) is 11.9 Å². The molecule has 0 unspecified atom stereocenters. The lowest BCUT2D eigenvalue weighted by molar-refractivity contribution is -0.120. The second-order valence-electron chi connectivity index (χ2n) is 7.94. The summed E-state index contributed by atoms with van der Waals surface area (Å²) in [6.45, 7) is 9.59. The molecule has 0 bridgehead atoms. The number of piperidine rings is 1. The summed E-state index contributed by atoms with van der Waals surface area (Å²) >= 11 is 0. The highest BCUT2D eigenvalue weighted by molar-refractivity contribution is 5.93. The zero-order valence-electron chi connectivity index (χ0n) is 18.4. The summed E-state index contributed by atoms with van der Waals surface area (Å²) in [4.78, 5) is 31.0. The van der Waals surface area contributed by atoms with Gasteiger partial charge in [-0.2, -0.15) is 0 Å². The van der Waals surface area contributed by atoms with Gasteiger partial charge in [0.25, 0.3) is 0 Å². The van der Waals surface area contributed by atoms with Gasteiger partial charge in [-0.25, -0.2) is 9.97 Å². The third kappa shape index (κ3) is 4.85. The molecule has 164 valence electrons. The molecule has 4 rings (SSSR count). The molecule has 0 radical (unpaired) electrons. The van der Waals surface area contributed by atoms with E-state index in [-0.39, 0.29) is 11.8 Å². The number of benzene rings is 1. The number of carbonyl (C=O) groups excluding carboxylic acids is 1. The Morgan fingerprint density at radius 1 is 1.23 bits per heavy atom. The Morgan fingerprint density at radius 2 is 2.06 bits per heavy atom. The quantitative estimate of drug-likeness (QED) is 0.602. The van der Waals surface area contributed by atoms with Crippen molar-refractivity contribution in [3.05, 3.63) is 42.9 Å². The third-order valence-electron chi connectivity index (χ3n) is 6.09. The maximum atomic E-state index is 13.2. The number of fused-ring (bicyclic) bond motifs is 1. The number of aromatic nitrogens is 4. The number of hydrogen-bond donors (Lipinski definition) is 1. The van der Waals surface area contributed by atoms with E-state index in [1.54, 1.807) is 18.6 Å². The lowest BCUT2D eigenvalue weighted by Crippen LogP contribution is -2.41. The molecule has 1 saturated heterocycles. The van der Waals surface area contributed by atoms with Gasteiger partial charge in [0, 0.05) is 38.6 Å². The molecule has 8 heteroatoms. The number of carbonyl (C=O) groups is 1. The molecule has 0 aliphatic carbocycles. The molecule has 3 heterocycles. The largest absolute Gasteiger partial charge is 0.355 e. The average Bonchev–Trinajstić information content (AvgIpc) is 3.17. The summed E-state index contributed by atoms with van der Waals surface area (Å²) in [6.07, 6.45) is 6.93. The summed E-state index contributed by atoms with van der Waals surface area (Å²) in [6, 6.07) is 8.06. The second kappa shape index (κ2) is 9.87. The molecule has 1 aromatic carbocycles. The Labute approximate surface area is 183 Å². The molecule has 1 N–H and O–H groups in total. The van der Waals surface area contributed by atoms with E-state index < -0.39 is 0 Å². The number of likely N-dealkylation sites (N-methyl/N-ethyl adjacent to an activating group) is 1. The molecule has 31 heavy (non-hydrogen) atoms. The number of rotatable bonds is 8. The van der Waals surface area contributed by atoms with E-state index in [2.05, 4.69) is 49.6 Å². The van der Waals surface area contributed by atoms with Crippen molar-refractivity contribution in [2.24, 2.45) is 5.92 Å². The minimum absolute atomic E-state index is 0.0213. The van der Waals surface area contributed by atoms with Gasteiger partial charge < -0.3 is 14.4 Å². The predicted molar refractivity (Wildman–Crippen MR) is 123 cm³/mol. The van der Waals surface area contributed by atoms with E-state index in [1.807, 2.05) is 18.2 Å². The van der Waals surface area contributed by atoms with Gasteiger partial charge in [0.1, 0.15) is 5.82 Å². The predicted octanol–water partition coefficient (Wildman–Crippen LogP) is 3.02. The number of imidazole rings is 1. The van der Waals surface area contributed by atoms with Crippen LogP contribution in [0.5, 0.6) is 0 Å². The SMILES string of the molecule is CCN(CC)CCn1c(NC(=O)[C@H]2CCCN(c3cnccn3)C2)nc2ccccc21. The molecule has 2 aromatic heterocycles. The normalized spacial score (nSPS) is 16.7. The molecule has 1 amide bonds. The van der Waals surface area contributed by atoms with Gasteiger partial charge >= 0.3 is 0 Å². The number of para-hydroxylation sites is 2. The first-order valence-corrected chi connectivity index (χ1v) is 11.2. The summed E-state index contributed by atoms with van der Waals surface area (Å²) in [5, 5.41) is 3.13. The Kier molecular flexibility index (Phi) is 6.76. The standard InChI is InChI=1S/C23H31N7O/c1-3-28(4-2)14-15-30-20-10-6-5-9-19(20)26-23(30)27-22(31)18-8-7-13-29(17-18)21-16-24-11-12-25-21/h5-6,9-12,16,18H,3-4,7-8,13-15,17H2,1-2H3,(H,26,27,31)/t18-/m0/s1. The highest BCUT2D eigenvalue weighted by Crippen LogP contribution is 2.24. The van der Waals surface area contributed by atoms with E-state index in [4.69, 9.17) is 4.98 Å². The fourth-order valence-electron chi connectivity index (χ4n) is 4.24. The topological polar surface area (TPSA) is 79.2 Å². The summed E-state index contributed by atoms with van der Waals surface area (Å²) in [7, 11) is 0. The zero-order chi connectivity index (χ0) is 21.6. The van der Waals surface area contributed by atoms with Crippen LogP contribution in [-0.4, -0.2) is 63.0 Å². The summed E-state index contributed by atoms with van der Waals surface area (Å²) in [5.41, 5.74) is 1.96. The molecule has 3 aromatic rings. The van der Waals surface area contributed by atoms with Gasteiger partial charge in [0.15, 0.2) is 0 Å². The number of anilines is 2. The molecular weight excluding hydrogens is 390 g/mol. The maximum absolute atomic E-state index is 13.2. The van der Waals surface area contributed by atoms with Crippen LogP contribution in [0.25, 0.3) is 11.0 Å². The minimum atomic E-state index is -0.105. The first kappa shape index (κ1) is 21.2. The van der Waals surface area contributed by atoms with Gasteiger partial charge in [-0.1, -0.05) is 26.0 Å². The van der Waals surface area contributed by atoms with Crippen LogP contribution in [0.15, 0.2) is 42.9 Å². The lowest BCUT2D eigenvalue weighted by Gasteiger charge is -2.32. The van der Waals surface area contributed by atoms with E-state index >= 15 is 0 Å². The molecule has 1 aliphatic rings. The van der Waals surface area contributed by atoms with Crippen molar-refractivity contribution < 1.29 is 4.79 Å². The van der Waals surface area contributed by atoms with E-state index in [0.29, 0.717) is 12.5 Å². The molecule has 8 nitrogen and oxygen atoms in total. The van der Waals surface area contributed by atoms with Crippen molar-refractivity contribution in [3.63, 3.8) is 0 Å². The third-order valence-corrected chi connectivity index (χ3v) is 6.09. The Morgan fingerprint density at radius 3 is 2.84 bits per heavy atom. The van der Waals surface area contributed by atoms with Crippen molar-refractivity contribution in [1.29, 1.82) is 0 Å². The van der Waals surface area contributed by atoms with Crippen molar-refractivity contribution in [2.75, 3.05) is 42.9 Å². The number of nitrogens with one attached hydrogen (secondary N) is 1. The van der Waals surface area contributed by atoms with Crippen molar-refractivity contribution in [1.82, 2.24) is 24.4 Å². The fraction of sp³-hybridized carbons (Fsp3) is 0.478. The summed E-state index contributed by atoms with van der Waals surface area (Å²) in [5.74, 6) is 1.38. The zero-order valence-corrected chi connectivity index (χ0v) is 18.4. The number of amides is 1. The van der Waals surface area contributed by atoms with Crippen molar-refractivity contribution >= 4 is 28.7 Å².